The maximum atomic E-state index is 12.4. The summed E-state index contributed by atoms with van der Waals surface area (Å²) in [4.78, 5) is 29.6. The van der Waals surface area contributed by atoms with Crippen molar-refractivity contribution in [3.05, 3.63) is 30.3 Å². The smallest absolute Gasteiger partial charge is 0.407 e. The van der Waals surface area contributed by atoms with Gasteiger partial charge < -0.3 is 24.4 Å². The van der Waals surface area contributed by atoms with E-state index in [4.69, 9.17) is 19.0 Å². The van der Waals surface area contributed by atoms with Gasteiger partial charge in [-0.2, -0.15) is 0 Å². The van der Waals surface area contributed by atoms with Crippen LogP contribution < -0.4 is 10.1 Å². The number of ether oxygens (including phenoxy) is 3. The number of oxime groups is 1. The first-order valence-electron chi connectivity index (χ1n) is 8.80. The molecule has 0 fully saturated rings. The van der Waals surface area contributed by atoms with Crippen LogP contribution in [0.5, 0.6) is 5.75 Å². The second-order valence-corrected chi connectivity index (χ2v) is 7.10. The number of amides is 1. The number of nitrogens with zero attached hydrogens (tertiary/aromatic N) is 1. The second kappa shape index (κ2) is 8.75. The largest absolute Gasteiger partial charge is 0.489 e. The zero-order valence-electron chi connectivity index (χ0n) is 16.1. The van der Waals surface area contributed by atoms with E-state index in [-0.39, 0.29) is 26.2 Å². The monoisotopic (exact) mass is 378 g/mol. The van der Waals surface area contributed by atoms with Crippen LogP contribution in [0.15, 0.2) is 35.5 Å². The molecule has 0 saturated carbocycles. The third kappa shape index (κ3) is 6.16. The summed E-state index contributed by atoms with van der Waals surface area (Å²) in [5, 5.41) is 6.54. The molecule has 0 aromatic heterocycles. The molecule has 148 valence electrons. The van der Waals surface area contributed by atoms with Crippen molar-refractivity contribution < 1.29 is 28.6 Å². The number of hydrogen-bond donors (Lipinski definition) is 1. The lowest BCUT2D eigenvalue weighted by molar-refractivity contribution is -0.172. The third-order valence-electron chi connectivity index (χ3n) is 3.54. The molecule has 1 atom stereocenters. The average Bonchev–Trinajstić information content (AvgIpc) is 3.03. The van der Waals surface area contributed by atoms with Gasteiger partial charge >= 0.3 is 12.1 Å². The minimum absolute atomic E-state index is 0.0602. The molecular formula is C19H26N2O6. The Bertz CT molecular complexity index is 683. The summed E-state index contributed by atoms with van der Waals surface area (Å²) in [6.07, 6.45) is -0.423. The highest BCUT2D eigenvalue weighted by molar-refractivity contribution is 5.96. The van der Waals surface area contributed by atoms with E-state index in [9.17, 15) is 9.59 Å². The Morgan fingerprint density at radius 3 is 2.59 bits per heavy atom. The van der Waals surface area contributed by atoms with Crippen LogP contribution in [0.4, 0.5) is 4.79 Å². The molecule has 0 bridgehead atoms. The van der Waals surface area contributed by atoms with Crippen LogP contribution >= 0.6 is 0 Å². The van der Waals surface area contributed by atoms with E-state index in [0.717, 1.165) is 0 Å². The molecule has 0 radical (unpaired) electrons. The fraction of sp³-hybridized carbons (Fsp3) is 0.526. The molecular weight excluding hydrogens is 352 g/mol. The molecule has 8 heteroatoms. The lowest BCUT2D eigenvalue weighted by atomic mass is 9.98. The first-order chi connectivity index (χ1) is 12.7. The van der Waals surface area contributed by atoms with Crippen molar-refractivity contribution in [2.45, 2.75) is 45.3 Å². The normalized spacial score (nSPS) is 18.9. The van der Waals surface area contributed by atoms with Gasteiger partial charge in [0.05, 0.1) is 18.9 Å². The number of hydrogen-bond acceptors (Lipinski definition) is 7. The third-order valence-corrected chi connectivity index (χ3v) is 3.54. The van der Waals surface area contributed by atoms with Gasteiger partial charge in [0.25, 0.3) is 5.60 Å². The zero-order valence-corrected chi connectivity index (χ0v) is 16.1. The molecule has 0 aliphatic carbocycles. The lowest BCUT2D eigenvalue weighted by Gasteiger charge is -2.24. The average molecular weight is 378 g/mol. The number of alkyl carbamates (subject to hydrolysis) is 1. The van der Waals surface area contributed by atoms with Crippen LogP contribution in [0.25, 0.3) is 0 Å². The van der Waals surface area contributed by atoms with Gasteiger partial charge in [-0.05, 0) is 39.8 Å². The molecule has 2 rings (SSSR count). The summed E-state index contributed by atoms with van der Waals surface area (Å²) >= 11 is 0. The Balaban J connectivity index is 1.96. The first kappa shape index (κ1) is 20.5. The van der Waals surface area contributed by atoms with Crippen LogP contribution in [-0.2, 0) is 19.1 Å². The summed E-state index contributed by atoms with van der Waals surface area (Å²) < 4.78 is 16.0. The van der Waals surface area contributed by atoms with Crippen LogP contribution in [0.1, 0.15) is 34.1 Å². The molecule has 1 aliphatic rings. The van der Waals surface area contributed by atoms with E-state index >= 15 is 0 Å². The SMILES string of the molecule is CCOC(=O)C1(COc2ccccc2)CC(CNC(=O)OC(C)(C)C)=NO1. The Hall–Kier alpha value is -2.77. The summed E-state index contributed by atoms with van der Waals surface area (Å²) in [6, 6.07) is 9.08. The number of rotatable bonds is 7. The minimum Gasteiger partial charge on any atom is -0.489 e. The molecule has 1 aromatic carbocycles. The zero-order chi connectivity index (χ0) is 19.9. The standard InChI is InChI=1S/C19H26N2O6/c1-5-24-16(22)19(13-25-15-9-7-6-8-10-15)11-14(21-27-19)12-20-17(23)26-18(2,3)4/h6-10H,5,11-13H2,1-4H3,(H,20,23). The molecule has 1 N–H and O–H groups in total. The number of nitrogens with one attached hydrogen (secondary N) is 1. The Labute approximate surface area is 158 Å². The van der Waals surface area contributed by atoms with E-state index < -0.39 is 23.3 Å². The van der Waals surface area contributed by atoms with Gasteiger partial charge in [0.2, 0.25) is 0 Å². The van der Waals surface area contributed by atoms with E-state index in [1.54, 1.807) is 39.8 Å². The van der Waals surface area contributed by atoms with Crippen molar-refractivity contribution in [1.82, 2.24) is 5.32 Å². The molecule has 0 spiro atoms. The fourth-order valence-electron chi connectivity index (χ4n) is 2.35. The number of para-hydroxylation sites is 1. The summed E-state index contributed by atoms with van der Waals surface area (Å²) in [7, 11) is 0. The Morgan fingerprint density at radius 1 is 1.26 bits per heavy atom. The van der Waals surface area contributed by atoms with Gasteiger partial charge in [0.1, 0.15) is 18.0 Å². The topological polar surface area (TPSA) is 95.5 Å². The van der Waals surface area contributed by atoms with Gasteiger partial charge in [-0.25, -0.2) is 9.59 Å². The van der Waals surface area contributed by atoms with E-state index in [2.05, 4.69) is 10.5 Å². The predicted octanol–water partition coefficient (Wildman–Crippen LogP) is 2.67. The summed E-state index contributed by atoms with van der Waals surface area (Å²) in [5.41, 5.74) is -1.49. The molecule has 1 amide bonds. The quantitative estimate of drug-likeness (QED) is 0.733. The highest BCUT2D eigenvalue weighted by Crippen LogP contribution is 2.27. The maximum Gasteiger partial charge on any atom is 0.407 e. The van der Waals surface area contributed by atoms with E-state index in [1.165, 1.54) is 0 Å². The Morgan fingerprint density at radius 2 is 1.96 bits per heavy atom. The van der Waals surface area contributed by atoms with Crippen molar-refractivity contribution in [1.29, 1.82) is 0 Å². The molecule has 1 unspecified atom stereocenters. The van der Waals surface area contributed by atoms with Crippen LogP contribution in [0.2, 0.25) is 0 Å². The van der Waals surface area contributed by atoms with Crippen LogP contribution in [-0.4, -0.2) is 48.7 Å². The fourth-order valence-corrected chi connectivity index (χ4v) is 2.35. The molecule has 0 saturated heterocycles. The summed E-state index contributed by atoms with van der Waals surface area (Å²) in [5.74, 6) is 0.0436. The first-order valence-corrected chi connectivity index (χ1v) is 8.80. The summed E-state index contributed by atoms with van der Waals surface area (Å²) in [6.45, 7) is 7.28. The molecule has 8 nitrogen and oxygen atoms in total. The number of benzene rings is 1. The molecule has 1 aromatic rings. The second-order valence-electron chi connectivity index (χ2n) is 7.10. The Kier molecular flexibility index (Phi) is 6.65. The van der Waals surface area contributed by atoms with E-state index in [0.29, 0.717) is 11.5 Å². The lowest BCUT2D eigenvalue weighted by Crippen LogP contribution is -2.46. The van der Waals surface area contributed by atoms with Gasteiger partial charge in [-0.1, -0.05) is 23.4 Å². The van der Waals surface area contributed by atoms with Gasteiger partial charge in [0, 0.05) is 6.42 Å². The van der Waals surface area contributed by atoms with Crippen molar-refractivity contribution in [2.24, 2.45) is 5.16 Å². The van der Waals surface area contributed by atoms with Crippen LogP contribution in [0.3, 0.4) is 0 Å². The van der Waals surface area contributed by atoms with Crippen molar-refractivity contribution in [2.75, 3.05) is 19.8 Å². The van der Waals surface area contributed by atoms with Crippen molar-refractivity contribution in [3.63, 3.8) is 0 Å². The van der Waals surface area contributed by atoms with Gasteiger partial charge in [-0.15, -0.1) is 0 Å². The molecule has 1 aliphatic heterocycles. The molecule has 27 heavy (non-hydrogen) atoms. The predicted molar refractivity (Wildman–Crippen MR) is 98.7 cm³/mol. The maximum absolute atomic E-state index is 12.4. The number of esters is 1. The highest BCUT2D eigenvalue weighted by atomic mass is 16.7. The minimum atomic E-state index is -1.38. The van der Waals surface area contributed by atoms with Crippen LogP contribution in [0, 0.1) is 0 Å². The van der Waals surface area contributed by atoms with Crippen molar-refractivity contribution in [3.8, 4) is 5.75 Å². The van der Waals surface area contributed by atoms with Gasteiger partial charge in [0.15, 0.2) is 0 Å². The van der Waals surface area contributed by atoms with Gasteiger partial charge in [-0.3, -0.25) is 0 Å². The number of carbonyl (C=O) groups excluding carboxylic acids is 2. The highest BCUT2D eigenvalue weighted by Gasteiger charge is 2.49. The van der Waals surface area contributed by atoms with E-state index in [1.807, 2.05) is 18.2 Å². The van der Waals surface area contributed by atoms with Crippen molar-refractivity contribution >= 4 is 17.8 Å². The number of carbonyl (C=O) groups is 2. The molecule has 1 heterocycles.